The molecule has 0 atom stereocenters. The zero-order chi connectivity index (χ0) is 9.26. The smallest absolute Gasteiger partial charge is 0.193 e. The molecular weight excluding hydrogens is 166 g/mol. The summed E-state index contributed by atoms with van der Waals surface area (Å²) in [5.41, 5.74) is 6.54. The lowest BCUT2D eigenvalue weighted by Gasteiger charge is -2.00. The Labute approximate surface area is 76.6 Å². The number of anilines is 1. The van der Waals surface area contributed by atoms with Crippen LogP contribution in [-0.4, -0.2) is 21.8 Å². The third-order valence-corrected chi connectivity index (χ3v) is 1.85. The van der Waals surface area contributed by atoms with Crippen molar-refractivity contribution >= 4 is 11.6 Å². The Morgan fingerprint density at radius 3 is 3.08 bits per heavy atom. The molecule has 1 aliphatic rings. The third kappa shape index (κ3) is 2.21. The Balaban J connectivity index is 1.96. The van der Waals surface area contributed by atoms with E-state index in [0.29, 0.717) is 12.0 Å². The molecule has 0 spiro atoms. The van der Waals surface area contributed by atoms with Gasteiger partial charge in [0.2, 0.25) is 0 Å². The first-order valence-corrected chi connectivity index (χ1v) is 4.33. The SMILES string of the molecule is Cn1cc(NC(N)=NC2CC2)cn1. The van der Waals surface area contributed by atoms with Crippen molar-refractivity contribution in [1.29, 1.82) is 0 Å². The first-order valence-electron chi connectivity index (χ1n) is 4.33. The van der Waals surface area contributed by atoms with Crippen LogP contribution in [0.4, 0.5) is 5.69 Å². The van der Waals surface area contributed by atoms with E-state index < -0.39 is 0 Å². The number of rotatable bonds is 2. The van der Waals surface area contributed by atoms with Crippen LogP contribution in [0.25, 0.3) is 0 Å². The van der Waals surface area contributed by atoms with Gasteiger partial charge in [0.05, 0.1) is 17.9 Å². The molecule has 1 aromatic rings. The second-order valence-corrected chi connectivity index (χ2v) is 3.27. The molecule has 5 heteroatoms. The van der Waals surface area contributed by atoms with E-state index in [1.54, 1.807) is 10.9 Å². The quantitative estimate of drug-likeness (QED) is 0.507. The second kappa shape index (κ2) is 3.08. The number of hydrogen-bond donors (Lipinski definition) is 2. The van der Waals surface area contributed by atoms with Gasteiger partial charge in [0.1, 0.15) is 0 Å². The molecule has 1 aliphatic carbocycles. The van der Waals surface area contributed by atoms with E-state index in [-0.39, 0.29) is 0 Å². The minimum Gasteiger partial charge on any atom is -0.370 e. The van der Waals surface area contributed by atoms with E-state index in [9.17, 15) is 0 Å². The summed E-state index contributed by atoms with van der Waals surface area (Å²) in [4.78, 5) is 4.24. The van der Waals surface area contributed by atoms with Gasteiger partial charge in [-0.2, -0.15) is 5.10 Å². The molecule has 1 aromatic heterocycles. The summed E-state index contributed by atoms with van der Waals surface area (Å²) in [5, 5.41) is 6.99. The lowest BCUT2D eigenvalue weighted by molar-refractivity contribution is 0.768. The average Bonchev–Trinajstić information content (AvgIpc) is 2.76. The summed E-state index contributed by atoms with van der Waals surface area (Å²) < 4.78 is 1.72. The van der Waals surface area contributed by atoms with Crippen molar-refractivity contribution < 1.29 is 0 Å². The Kier molecular flexibility index (Phi) is 1.92. The van der Waals surface area contributed by atoms with E-state index in [1.165, 1.54) is 0 Å². The van der Waals surface area contributed by atoms with Crippen molar-refractivity contribution in [1.82, 2.24) is 9.78 Å². The molecular formula is C8H13N5. The first-order chi connectivity index (χ1) is 6.24. The highest BCUT2D eigenvalue weighted by atomic mass is 15.3. The van der Waals surface area contributed by atoms with Crippen molar-refractivity contribution in [3.63, 3.8) is 0 Å². The number of nitrogens with one attached hydrogen (secondary N) is 1. The summed E-state index contributed by atoms with van der Waals surface area (Å²) in [5.74, 6) is 0.482. The average molecular weight is 179 g/mol. The molecule has 5 nitrogen and oxygen atoms in total. The molecule has 0 unspecified atom stereocenters. The Hall–Kier alpha value is -1.52. The van der Waals surface area contributed by atoms with E-state index in [0.717, 1.165) is 18.5 Å². The van der Waals surface area contributed by atoms with E-state index in [2.05, 4.69) is 15.4 Å². The lowest BCUT2D eigenvalue weighted by Crippen LogP contribution is -2.22. The molecule has 0 amide bonds. The van der Waals surface area contributed by atoms with Gasteiger partial charge >= 0.3 is 0 Å². The van der Waals surface area contributed by atoms with Crippen LogP contribution in [0.2, 0.25) is 0 Å². The van der Waals surface area contributed by atoms with Crippen LogP contribution in [0.1, 0.15) is 12.8 Å². The molecule has 0 radical (unpaired) electrons. The van der Waals surface area contributed by atoms with Crippen molar-refractivity contribution in [3.8, 4) is 0 Å². The zero-order valence-corrected chi connectivity index (χ0v) is 7.57. The number of hydrogen-bond acceptors (Lipinski definition) is 2. The summed E-state index contributed by atoms with van der Waals surface area (Å²) in [6, 6.07) is 0.448. The molecule has 1 saturated carbocycles. The first kappa shape index (κ1) is 8.10. The Morgan fingerprint density at radius 2 is 2.54 bits per heavy atom. The third-order valence-electron chi connectivity index (χ3n) is 1.85. The van der Waals surface area contributed by atoms with Crippen molar-refractivity contribution in [2.45, 2.75) is 18.9 Å². The summed E-state index contributed by atoms with van der Waals surface area (Å²) >= 11 is 0. The minimum absolute atomic E-state index is 0.448. The van der Waals surface area contributed by atoms with Gasteiger partial charge in [-0.05, 0) is 12.8 Å². The van der Waals surface area contributed by atoms with Crippen LogP contribution in [-0.2, 0) is 7.05 Å². The highest BCUT2D eigenvalue weighted by Crippen LogP contribution is 2.23. The fraction of sp³-hybridized carbons (Fsp3) is 0.500. The number of nitrogens with zero attached hydrogens (tertiary/aromatic N) is 3. The van der Waals surface area contributed by atoms with Crippen molar-refractivity contribution in [3.05, 3.63) is 12.4 Å². The van der Waals surface area contributed by atoms with Gasteiger partial charge in [0.15, 0.2) is 5.96 Å². The minimum atomic E-state index is 0.448. The van der Waals surface area contributed by atoms with Crippen LogP contribution in [0.5, 0.6) is 0 Å². The molecule has 0 bridgehead atoms. The standard InChI is InChI=1S/C8H13N5/c1-13-5-7(4-10-13)12-8(9)11-6-2-3-6/h4-6H,2-3H2,1H3,(H3,9,11,12). The van der Waals surface area contributed by atoms with Gasteiger partial charge in [0.25, 0.3) is 0 Å². The molecule has 0 saturated heterocycles. The lowest BCUT2D eigenvalue weighted by atomic mass is 10.6. The van der Waals surface area contributed by atoms with Gasteiger partial charge in [-0.25, -0.2) is 4.99 Å². The van der Waals surface area contributed by atoms with Crippen LogP contribution in [0.3, 0.4) is 0 Å². The molecule has 13 heavy (non-hydrogen) atoms. The maximum absolute atomic E-state index is 5.66. The largest absolute Gasteiger partial charge is 0.370 e. The van der Waals surface area contributed by atoms with Crippen molar-refractivity contribution in [2.24, 2.45) is 17.8 Å². The molecule has 2 rings (SSSR count). The normalized spacial score (nSPS) is 17.5. The molecule has 70 valence electrons. The topological polar surface area (TPSA) is 68.2 Å². The van der Waals surface area contributed by atoms with Gasteiger partial charge in [-0.3, -0.25) is 4.68 Å². The van der Waals surface area contributed by atoms with Crippen molar-refractivity contribution in [2.75, 3.05) is 5.32 Å². The fourth-order valence-electron chi connectivity index (χ4n) is 1.07. The highest BCUT2D eigenvalue weighted by Gasteiger charge is 2.20. The Morgan fingerprint density at radius 1 is 1.77 bits per heavy atom. The monoisotopic (exact) mass is 179 g/mol. The van der Waals surface area contributed by atoms with Crippen LogP contribution in [0.15, 0.2) is 17.4 Å². The van der Waals surface area contributed by atoms with Gasteiger partial charge in [0, 0.05) is 13.2 Å². The predicted molar refractivity (Wildman–Crippen MR) is 51.5 cm³/mol. The predicted octanol–water partition coefficient (Wildman–Crippen LogP) is 0.309. The van der Waals surface area contributed by atoms with Gasteiger partial charge in [-0.15, -0.1) is 0 Å². The van der Waals surface area contributed by atoms with Crippen LogP contribution < -0.4 is 11.1 Å². The number of aryl methyl sites for hydroxylation is 1. The number of guanidine groups is 1. The fourth-order valence-corrected chi connectivity index (χ4v) is 1.07. The molecule has 1 fully saturated rings. The second-order valence-electron chi connectivity index (χ2n) is 3.27. The highest BCUT2D eigenvalue weighted by molar-refractivity contribution is 5.92. The molecule has 3 N–H and O–H groups in total. The zero-order valence-electron chi connectivity index (χ0n) is 7.57. The summed E-state index contributed by atoms with van der Waals surface area (Å²) in [7, 11) is 1.86. The van der Waals surface area contributed by atoms with E-state index in [1.807, 2.05) is 13.2 Å². The van der Waals surface area contributed by atoms with E-state index >= 15 is 0 Å². The van der Waals surface area contributed by atoms with Gasteiger partial charge in [-0.1, -0.05) is 0 Å². The van der Waals surface area contributed by atoms with E-state index in [4.69, 9.17) is 5.73 Å². The molecule has 0 aliphatic heterocycles. The van der Waals surface area contributed by atoms with Gasteiger partial charge < -0.3 is 11.1 Å². The maximum atomic E-state index is 5.66. The molecule has 0 aromatic carbocycles. The Bertz CT molecular complexity index is 323. The summed E-state index contributed by atoms with van der Waals surface area (Å²) in [6.45, 7) is 0. The summed E-state index contributed by atoms with van der Waals surface area (Å²) in [6.07, 6.45) is 5.90. The van der Waals surface area contributed by atoms with Crippen LogP contribution in [0, 0.1) is 0 Å². The maximum Gasteiger partial charge on any atom is 0.193 e. The van der Waals surface area contributed by atoms with Crippen LogP contribution >= 0.6 is 0 Å². The number of nitrogens with two attached hydrogens (primary N) is 1. The molecule has 1 heterocycles. The number of aromatic nitrogens is 2. The number of aliphatic imine (C=N–C) groups is 1.